The van der Waals surface area contributed by atoms with E-state index in [1.54, 1.807) is 0 Å². The third-order valence-corrected chi connectivity index (χ3v) is 3.52. The minimum Gasteiger partial charge on any atom is -0.327 e. The molecule has 6 heteroatoms. The zero-order valence-corrected chi connectivity index (χ0v) is 11.6. The maximum Gasteiger partial charge on any atom is 0.227 e. The van der Waals surface area contributed by atoms with Crippen molar-refractivity contribution < 1.29 is 4.79 Å². The Labute approximate surface area is 106 Å². The van der Waals surface area contributed by atoms with Crippen LogP contribution in [0.4, 0.5) is 5.13 Å². The molecule has 5 nitrogen and oxygen atoms in total. The minimum absolute atomic E-state index is 0.0763. The second-order valence-electron chi connectivity index (χ2n) is 5.08. The number of rotatable bonds is 4. The molecule has 96 valence electrons. The van der Waals surface area contributed by atoms with E-state index in [1.165, 1.54) is 11.3 Å². The Kier molecular flexibility index (Phi) is 4.59. The molecule has 1 amide bonds. The van der Waals surface area contributed by atoms with Crippen molar-refractivity contribution in [1.82, 2.24) is 10.2 Å². The highest BCUT2D eigenvalue weighted by molar-refractivity contribution is 7.15. The number of nitrogens with zero attached hydrogens (tertiary/aromatic N) is 2. The molecule has 0 aliphatic carbocycles. The van der Waals surface area contributed by atoms with E-state index in [0.717, 1.165) is 11.4 Å². The largest absolute Gasteiger partial charge is 0.327 e. The minimum atomic E-state index is -0.166. The van der Waals surface area contributed by atoms with Crippen molar-refractivity contribution in [1.29, 1.82) is 0 Å². The highest BCUT2D eigenvalue weighted by atomic mass is 32.1. The molecule has 1 aromatic rings. The van der Waals surface area contributed by atoms with Crippen LogP contribution in [-0.2, 0) is 11.2 Å². The smallest absolute Gasteiger partial charge is 0.227 e. The zero-order chi connectivity index (χ0) is 13.1. The van der Waals surface area contributed by atoms with Crippen LogP contribution in [-0.4, -0.2) is 22.1 Å². The van der Waals surface area contributed by atoms with Crippen LogP contribution < -0.4 is 11.1 Å². The number of hydrogen-bond donors (Lipinski definition) is 2. The summed E-state index contributed by atoms with van der Waals surface area (Å²) in [6.07, 6.45) is 1.12. The van der Waals surface area contributed by atoms with Crippen LogP contribution in [0.1, 0.15) is 39.1 Å². The Morgan fingerprint density at radius 3 is 2.59 bits per heavy atom. The highest BCUT2D eigenvalue weighted by Crippen LogP contribution is 2.21. The van der Waals surface area contributed by atoms with Gasteiger partial charge in [0.05, 0.1) is 0 Å². The lowest BCUT2D eigenvalue weighted by Crippen LogP contribution is -2.38. The highest BCUT2D eigenvalue weighted by Gasteiger charge is 2.23. The standard InChI is InChI=1S/C11H20N4OS/c1-5-9-14-15-10(17-9)13-8(16)6-7(12)11(2,3)4/h7H,5-6,12H2,1-4H3,(H,13,15,16). The van der Waals surface area contributed by atoms with Crippen molar-refractivity contribution in [3.8, 4) is 0 Å². The molecule has 0 aliphatic heterocycles. The van der Waals surface area contributed by atoms with E-state index in [2.05, 4.69) is 15.5 Å². The monoisotopic (exact) mass is 256 g/mol. The molecule has 0 aromatic carbocycles. The van der Waals surface area contributed by atoms with E-state index in [0.29, 0.717) is 11.6 Å². The SMILES string of the molecule is CCc1nnc(NC(=O)CC(N)C(C)(C)C)s1. The van der Waals surface area contributed by atoms with E-state index < -0.39 is 0 Å². The summed E-state index contributed by atoms with van der Waals surface area (Å²) in [4.78, 5) is 11.7. The van der Waals surface area contributed by atoms with Gasteiger partial charge >= 0.3 is 0 Å². The van der Waals surface area contributed by atoms with Crippen molar-refractivity contribution in [2.45, 2.75) is 46.6 Å². The number of carbonyl (C=O) groups is 1. The molecule has 3 N–H and O–H groups in total. The maximum absolute atomic E-state index is 11.7. The van der Waals surface area contributed by atoms with E-state index in [1.807, 2.05) is 27.7 Å². The van der Waals surface area contributed by atoms with Crippen molar-refractivity contribution in [3.63, 3.8) is 0 Å². The number of carbonyl (C=O) groups excluding carboxylic acids is 1. The molecule has 0 saturated heterocycles. The first kappa shape index (κ1) is 14.1. The topological polar surface area (TPSA) is 80.9 Å². The number of hydrogen-bond acceptors (Lipinski definition) is 5. The van der Waals surface area contributed by atoms with Gasteiger partial charge in [-0.25, -0.2) is 0 Å². The summed E-state index contributed by atoms with van der Waals surface area (Å²) in [7, 11) is 0. The van der Waals surface area contributed by atoms with E-state index in [9.17, 15) is 4.79 Å². The third-order valence-electron chi connectivity index (χ3n) is 2.53. The average molecular weight is 256 g/mol. The lowest BCUT2D eigenvalue weighted by Gasteiger charge is -2.26. The van der Waals surface area contributed by atoms with Gasteiger partial charge in [-0.15, -0.1) is 10.2 Å². The Hall–Kier alpha value is -1.01. The van der Waals surface area contributed by atoms with Crippen LogP contribution in [0.5, 0.6) is 0 Å². The van der Waals surface area contributed by atoms with Gasteiger partial charge in [-0.3, -0.25) is 4.79 Å². The van der Waals surface area contributed by atoms with Crippen LogP contribution in [0.2, 0.25) is 0 Å². The first-order valence-electron chi connectivity index (χ1n) is 5.70. The van der Waals surface area contributed by atoms with Crippen molar-refractivity contribution in [2.24, 2.45) is 11.1 Å². The summed E-state index contributed by atoms with van der Waals surface area (Å²) in [5.41, 5.74) is 5.87. The van der Waals surface area contributed by atoms with Gasteiger partial charge in [0.2, 0.25) is 11.0 Å². The molecule has 1 rings (SSSR count). The third kappa shape index (κ3) is 4.40. The molecule has 0 aliphatic rings. The van der Waals surface area contributed by atoms with Gasteiger partial charge in [0, 0.05) is 12.5 Å². The molecule has 0 radical (unpaired) electrons. The van der Waals surface area contributed by atoms with Gasteiger partial charge in [-0.1, -0.05) is 39.0 Å². The molecule has 0 saturated carbocycles. The quantitative estimate of drug-likeness (QED) is 0.860. The molecule has 0 fully saturated rings. The molecule has 1 unspecified atom stereocenters. The first-order chi connectivity index (χ1) is 7.82. The summed E-state index contributed by atoms with van der Waals surface area (Å²) in [6.45, 7) is 8.06. The van der Waals surface area contributed by atoms with Crippen LogP contribution in [0.25, 0.3) is 0 Å². The number of aromatic nitrogens is 2. The van der Waals surface area contributed by atoms with E-state index in [4.69, 9.17) is 5.73 Å². The summed E-state index contributed by atoms with van der Waals surface area (Å²) in [6, 6.07) is -0.166. The summed E-state index contributed by atoms with van der Waals surface area (Å²) >= 11 is 1.40. The fourth-order valence-corrected chi connectivity index (χ4v) is 1.82. The van der Waals surface area contributed by atoms with E-state index >= 15 is 0 Å². The molecular weight excluding hydrogens is 236 g/mol. The Balaban J connectivity index is 2.50. The number of nitrogens with two attached hydrogens (primary N) is 1. The zero-order valence-electron chi connectivity index (χ0n) is 10.8. The van der Waals surface area contributed by atoms with Gasteiger partial charge < -0.3 is 11.1 Å². The van der Waals surface area contributed by atoms with Crippen LogP contribution >= 0.6 is 11.3 Å². The second-order valence-corrected chi connectivity index (χ2v) is 6.14. The summed E-state index contributed by atoms with van der Waals surface area (Å²) in [5.74, 6) is -0.105. The Bertz CT molecular complexity index is 383. The fourth-order valence-electron chi connectivity index (χ4n) is 1.12. The van der Waals surface area contributed by atoms with Gasteiger partial charge in [-0.05, 0) is 11.8 Å². The predicted molar refractivity (Wildman–Crippen MR) is 70.0 cm³/mol. The molecule has 0 spiro atoms. The summed E-state index contributed by atoms with van der Waals surface area (Å²) < 4.78 is 0. The fraction of sp³-hybridized carbons (Fsp3) is 0.727. The van der Waals surface area contributed by atoms with Gasteiger partial charge in [0.15, 0.2) is 0 Å². The number of amides is 1. The molecule has 0 bridgehead atoms. The van der Waals surface area contributed by atoms with Crippen molar-refractivity contribution in [2.75, 3.05) is 5.32 Å². The van der Waals surface area contributed by atoms with Crippen LogP contribution in [0, 0.1) is 5.41 Å². The lowest BCUT2D eigenvalue weighted by atomic mass is 9.85. The van der Waals surface area contributed by atoms with Crippen LogP contribution in [0.15, 0.2) is 0 Å². The second kappa shape index (κ2) is 5.55. The van der Waals surface area contributed by atoms with Gasteiger partial charge in [-0.2, -0.15) is 0 Å². The summed E-state index contributed by atoms with van der Waals surface area (Å²) in [5, 5.41) is 12.0. The number of nitrogens with one attached hydrogen (secondary N) is 1. The van der Waals surface area contributed by atoms with E-state index in [-0.39, 0.29) is 17.4 Å². The molecule has 1 atom stereocenters. The Morgan fingerprint density at radius 1 is 1.47 bits per heavy atom. The van der Waals surface area contributed by atoms with Gasteiger partial charge in [0.1, 0.15) is 5.01 Å². The average Bonchev–Trinajstić information content (AvgIpc) is 2.63. The first-order valence-corrected chi connectivity index (χ1v) is 6.52. The van der Waals surface area contributed by atoms with Crippen LogP contribution in [0.3, 0.4) is 0 Å². The number of aryl methyl sites for hydroxylation is 1. The van der Waals surface area contributed by atoms with Crippen molar-refractivity contribution >= 4 is 22.4 Å². The molecule has 1 aromatic heterocycles. The van der Waals surface area contributed by atoms with Crippen molar-refractivity contribution in [3.05, 3.63) is 5.01 Å². The lowest BCUT2D eigenvalue weighted by molar-refractivity contribution is -0.117. The predicted octanol–water partition coefficient (Wildman–Crippen LogP) is 1.80. The maximum atomic E-state index is 11.7. The van der Waals surface area contributed by atoms with Gasteiger partial charge in [0.25, 0.3) is 0 Å². The number of anilines is 1. The Morgan fingerprint density at radius 2 is 2.12 bits per heavy atom. The normalized spacial score (nSPS) is 13.5. The molecule has 1 heterocycles. The molecular formula is C11H20N4OS. The molecule has 17 heavy (non-hydrogen) atoms.